The third kappa shape index (κ3) is 5.60. The molecule has 0 aromatic heterocycles. The molecule has 0 atom stereocenters. The minimum Gasteiger partial charge on any atom is -0.435 e. The third-order valence-electron chi connectivity index (χ3n) is 2.90. The van der Waals surface area contributed by atoms with Gasteiger partial charge in [-0.05, 0) is 35.9 Å². The van der Waals surface area contributed by atoms with Crippen molar-refractivity contribution < 1.29 is 26.7 Å². The zero-order chi connectivity index (χ0) is 17.7. The van der Waals surface area contributed by atoms with Gasteiger partial charge in [-0.1, -0.05) is 18.2 Å². The first-order valence-corrected chi connectivity index (χ1v) is 8.40. The lowest BCUT2D eigenvalue weighted by Gasteiger charge is -2.08. The van der Waals surface area contributed by atoms with E-state index in [0.29, 0.717) is 11.3 Å². The Morgan fingerprint density at radius 3 is 2.42 bits per heavy atom. The summed E-state index contributed by atoms with van der Waals surface area (Å²) in [6.07, 6.45) is 0. The molecule has 0 unspecified atom stereocenters. The minimum atomic E-state index is -3.63. The van der Waals surface area contributed by atoms with Gasteiger partial charge in [0.1, 0.15) is 5.75 Å². The standard InChI is InChI=1S/C15H14F2N2O4S/c16-15(17)23-13-3-1-2-11(8-13)14(20)19-12-6-4-10(5-7-12)9-24(18,21)22/h1-8,15H,9H2,(H,19,20)(H2,18,21,22). The Hall–Kier alpha value is -2.52. The fourth-order valence-corrected chi connectivity index (χ4v) is 2.59. The fourth-order valence-electron chi connectivity index (χ4n) is 1.93. The number of nitrogens with one attached hydrogen (secondary N) is 1. The summed E-state index contributed by atoms with van der Waals surface area (Å²) in [5, 5.41) is 7.51. The summed E-state index contributed by atoms with van der Waals surface area (Å²) in [7, 11) is -3.63. The number of ether oxygens (including phenoxy) is 1. The number of halogens is 2. The second-order valence-corrected chi connectivity index (χ2v) is 6.48. The van der Waals surface area contributed by atoms with E-state index in [4.69, 9.17) is 5.14 Å². The molecule has 0 spiro atoms. The predicted molar refractivity (Wildman–Crippen MR) is 84.3 cm³/mol. The maximum absolute atomic E-state index is 12.2. The number of anilines is 1. The Morgan fingerprint density at radius 1 is 1.17 bits per heavy atom. The first-order chi connectivity index (χ1) is 11.2. The van der Waals surface area contributed by atoms with Crippen LogP contribution in [-0.2, 0) is 15.8 Å². The quantitative estimate of drug-likeness (QED) is 0.830. The van der Waals surface area contributed by atoms with E-state index < -0.39 is 22.5 Å². The van der Waals surface area contributed by atoms with Crippen molar-refractivity contribution in [2.45, 2.75) is 12.4 Å². The van der Waals surface area contributed by atoms with Crippen molar-refractivity contribution in [3.8, 4) is 5.75 Å². The molecule has 0 aliphatic heterocycles. The van der Waals surface area contributed by atoms with Crippen LogP contribution in [-0.4, -0.2) is 20.9 Å². The van der Waals surface area contributed by atoms with E-state index in [9.17, 15) is 22.0 Å². The van der Waals surface area contributed by atoms with E-state index in [1.165, 1.54) is 48.5 Å². The van der Waals surface area contributed by atoms with Gasteiger partial charge in [0.2, 0.25) is 10.0 Å². The van der Waals surface area contributed by atoms with E-state index in [-0.39, 0.29) is 17.1 Å². The van der Waals surface area contributed by atoms with Crippen LogP contribution < -0.4 is 15.2 Å². The topological polar surface area (TPSA) is 98.5 Å². The van der Waals surface area contributed by atoms with Gasteiger partial charge in [0.15, 0.2) is 0 Å². The van der Waals surface area contributed by atoms with Crippen LogP contribution in [0.1, 0.15) is 15.9 Å². The maximum Gasteiger partial charge on any atom is 0.387 e. The molecule has 0 aliphatic carbocycles. The number of benzene rings is 2. The first-order valence-electron chi connectivity index (χ1n) is 6.68. The molecule has 9 heteroatoms. The number of carbonyl (C=O) groups excluding carboxylic acids is 1. The molecule has 0 radical (unpaired) electrons. The molecular formula is C15H14F2N2O4S. The van der Waals surface area contributed by atoms with Gasteiger partial charge in [-0.25, -0.2) is 13.6 Å². The maximum atomic E-state index is 12.2. The Labute approximate surface area is 137 Å². The number of amides is 1. The molecule has 1 amide bonds. The summed E-state index contributed by atoms with van der Waals surface area (Å²) >= 11 is 0. The third-order valence-corrected chi connectivity index (χ3v) is 3.64. The number of rotatable bonds is 6. The number of nitrogens with two attached hydrogens (primary N) is 1. The average molecular weight is 356 g/mol. The van der Waals surface area contributed by atoms with Crippen molar-refractivity contribution in [2.75, 3.05) is 5.32 Å². The molecule has 2 aromatic rings. The predicted octanol–water partition coefficient (Wildman–Crippen LogP) is 2.33. The molecule has 2 rings (SSSR count). The number of hydrogen-bond acceptors (Lipinski definition) is 4. The molecule has 0 saturated heterocycles. The molecule has 0 heterocycles. The fraction of sp³-hybridized carbons (Fsp3) is 0.133. The van der Waals surface area contributed by atoms with E-state index >= 15 is 0 Å². The molecule has 128 valence electrons. The first kappa shape index (κ1) is 17.8. The van der Waals surface area contributed by atoms with E-state index in [0.717, 1.165) is 0 Å². The van der Waals surface area contributed by atoms with Crippen molar-refractivity contribution in [1.82, 2.24) is 0 Å². The number of hydrogen-bond donors (Lipinski definition) is 2. The van der Waals surface area contributed by atoms with Gasteiger partial charge in [-0.15, -0.1) is 0 Å². The largest absolute Gasteiger partial charge is 0.435 e. The SMILES string of the molecule is NS(=O)(=O)Cc1ccc(NC(=O)c2cccc(OC(F)F)c2)cc1. The van der Waals surface area contributed by atoms with Crippen LogP contribution in [0.15, 0.2) is 48.5 Å². The lowest BCUT2D eigenvalue weighted by atomic mass is 10.2. The molecular weight excluding hydrogens is 342 g/mol. The van der Waals surface area contributed by atoms with Gasteiger partial charge in [0.05, 0.1) is 5.75 Å². The molecule has 0 saturated carbocycles. The molecule has 0 fully saturated rings. The van der Waals surface area contributed by atoms with Gasteiger partial charge in [0, 0.05) is 11.3 Å². The Morgan fingerprint density at radius 2 is 1.83 bits per heavy atom. The zero-order valence-corrected chi connectivity index (χ0v) is 13.1. The normalized spacial score (nSPS) is 11.3. The summed E-state index contributed by atoms with van der Waals surface area (Å²) in [5.41, 5.74) is 1.03. The van der Waals surface area contributed by atoms with Gasteiger partial charge in [0.25, 0.3) is 5.91 Å². The van der Waals surface area contributed by atoms with Gasteiger partial charge in [-0.3, -0.25) is 4.79 Å². The molecule has 0 aliphatic rings. The number of primary sulfonamides is 1. The van der Waals surface area contributed by atoms with Crippen molar-refractivity contribution in [2.24, 2.45) is 5.14 Å². The van der Waals surface area contributed by atoms with Crippen LogP contribution in [0.4, 0.5) is 14.5 Å². The van der Waals surface area contributed by atoms with Crippen LogP contribution in [0.25, 0.3) is 0 Å². The Kier molecular flexibility index (Phi) is 5.47. The smallest absolute Gasteiger partial charge is 0.387 e. The molecule has 3 N–H and O–H groups in total. The van der Waals surface area contributed by atoms with Crippen molar-refractivity contribution >= 4 is 21.6 Å². The van der Waals surface area contributed by atoms with Crippen molar-refractivity contribution in [1.29, 1.82) is 0 Å². The van der Waals surface area contributed by atoms with Crippen molar-refractivity contribution in [3.63, 3.8) is 0 Å². The van der Waals surface area contributed by atoms with E-state index in [1.54, 1.807) is 0 Å². The summed E-state index contributed by atoms with van der Waals surface area (Å²) in [5.74, 6) is -0.955. The summed E-state index contributed by atoms with van der Waals surface area (Å²) in [6.45, 7) is -2.98. The zero-order valence-electron chi connectivity index (χ0n) is 12.3. The molecule has 24 heavy (non-hydrogen) atoms. The average Bonchev–Trinajstić information content (AvgIpc) is 2.47. The minimum absolute atomic E-state index is 0.124. The van der Waals surface area contributed by atoms with Crippen LogP contribution in [0, 0.1) is 0 Å². The number of carbonyl (C=O) groups is 1. The molecule has 0 bridgehead atoms. The summed E-state index contributed by atoms with van der Waals surface area (Å²) in [4.78, 5) is 12.1. The second-order valence-electron chi connectivity index (χ2n) is 4.86. The number of sulfonamides is 1. The number of alkyl halides is 2. The Balaban J connectivity index is 2.07. The van der Waals surface area contributed by atoms with Gasteiger partial charge < -0.3 is 10.1 Å². The van der Waals surface area contributed by atoms with E-state index in [1.807, 2.05) is 0 Å². The highest BCUT2D eigenvalue weighted by Gasteiger charge is 2.10. The van der Waals surface area contributed by atoms with Crippen LogP contribution >= 0.6 is 0 Å². The lowest BCUT2D eigenvalue weighted by Crippen LogP contribution is -2.15. The van der Waals surface area contributed by atoms with E-state index in [2.05, 4.69) is 10.1 Å². The second kappa shape index (κ2) is 7.37. The Bertz CT molecular complexity index is 824. The van der Waals surface area contributed by atoms with Gasteiger partial charge in [-0.2, -0.15) is 8.78 Å². The van der Waals surface area contributed by atoms with Crippen LogP contribution in [0.3, 0.4) is 0 Å². The summed E-state index contributed by atoms with van der Waals surface area (Å²) < 4.78 is 50.6. The van der Waals surface area contributed by atoms with Crippen LogP contribution in [0.2, 0.25) is 0 Å². The highest BCUT2D eigenvalue weighted by atomic mass is 32.2. The molecule has 6 nitrogen and oxygen atoms in total. The monoisotopic (exact) mass is 356 g/mol. The molecule has 2 aromatic carbocycles. The van der Waals surface area contributed by atoms with Crippen molar-refractivity contribution in [3.05, 3.63) is 59.7 Å². The van der Waals surface area contributed by atoms with Gasteiger partial charge >= 0.3 is 6.61 Å². The summed E-state index contributed by atoms with van der Waals surface area (Å²) in [6, 6.07) is 11.4. The van der Waals surface area contributed by atoms with Crippen LogP contribution in [0.5, 0.6) is 5.75 Å². The lowest BCUT2D eigenvalue weighted by molar-refractivity contribution is -0.0498. The highest BCUT2D eigenvalue weighted by Crippen LogP contribution is 2.18. The highest BCUT2D eigenvalue weighted by molar-refractivity contribution is 7.88.